The van der Waals surface area contributed by atoms with Crippen molar-refractivity contribution in [2.24, 2.45) is 0 Å². The second-order valence-corrected chi connectivity index (χ2v) is 6.40. The van der Waals surface area contributed by atoms with Crippen LogP contribution >= 0.6 is 27.5 Å². The largest absolute Gasteiger partial charge is 0.303 e. The van der Waals surface area contributed by atoms with Crippen molar-refractivity contribution < 1.29 is 4.39 Å². The Balaban J connectivity index is 2.13. The minimum absolute atomic E-state index is 0.0466. The van der Waals surface area contributed by atoms with Crippen molar-refractivity contribution in [2.75, 3.05) is 0 Å². The molecule has 1 nitrogen and oxygen atoms in total. The molecule has 2 atom stereocenters. The van der Waals surface area contributed by atoms with E-state index in [-0.39, 0.29) is 22.9 Å². The summed E-state index contributed by atoms with van der Waals surface area (Å²) in [4.78, 5) is 0. The zero-order chi connectivity index (χ0) is 15.4. The summed E-state index contributed by atoms with van der Waals surface area (Å²) in [6, 6.07) is 13.5. The third-order valence-electron chi connectivity index (χ3n) is 3.58. The van der Waals surface area contributed by atoms with Gasteiger partial charge in [0, 0.05) is 16.6 Å². The van der Waals surface area contributed by atoms with E-state index >= 15 is 0 Å². The van der Waals surface area contributed by atoms with Crippen LogP contribution in [0.1, 0.15) is 43.5 Å². The average Bonchev–Trinajstić information content (AvgIpc) is 2.48. The highest BCUT2D eigenvalue weighted by Crippen LogP contribution is 2.25. The van der Waals surface area contributed by atoms with Crippen molar-refractivity contribution in [3.63, 3.8) is 0 Å². The molecule has 0 aromatic heterocycles. The van der Waals surface area contributed by atoms with Gasteiger partial charge >= 0.3 is 0 Å². The molecule has 2 rings (SSSR count). The number of hydrogen-bond donors (Lipinski definition) is 1. The molecule has 2 unspecified atom stereocenters. The highest BCUT2D eigenvalue weighted by atomic mass is 79.9. The lowest BCUT2D eigenvalue weighted by Crippen LogP contribution is -2.24. The second-order valence-electron chi connectivity index (χ2n) is 5.07. The van der Waals surface area contributed by atoms with Crippen LogP contribution in [0.15, 0.2) is 46.9 Å². The second kappa shape index (κ2) is 7.39. The van der Waals surface area contributed by atoms with E-state index in [9.17, 15) is 4.39 Å². The molecule has 0 saturated carbocycles. The Hall–Kier alpha value is -0.900. The molecular weight excluding hydrogens is 353 g/mol. The number of nitrogens with one attached hydrogen (secondary N) is 1. The van der Waals surface area contributed by atoms with Gasteiger partial charge in [0.1, 0.15) is 5.82 Å². The maximum Gasteiger partial charge on any atom is 0.142 e. The van der Waals surface area contributed by atoms with Crippen LogP contribution in [0.25, 0.3) is 0 Å². The molecule has 0 radical (unpaired) electrons. The van der Waals surface area contributed by atoms with Gasteiger partial charge in [0.25, 0.3) is 0 Å². The van der Waals surface area contributed by atoms with E-state index in [1.165, 1.54) is 11.6 Å². The zero-order valence-corrected chi connectivity index (χ0v) is 14.4. The van der Waals surface area contributed by atoms with Gasteiger partial charge in [-0.25, -0.2) is 4.39 Å². The van der Waals surface area contributed by atoms with Crippen LogP contribution in [0.2, 0.25) is 5.02 Å². The highest BCUT2D eigenvalue weighted by molar-refractivity contribution is 9.10. The van der Waals surface area contributed by atoms with Crippen molar-refractivity contribution in [3.8, 4) is 0 Å². The monoisotopic (exact) mass is 369 g/mol. The van der Waals surface area contributed by atoms with Crippen LogP contribution in [0.4, 0.5) is 4.39 Å². The summed E-state index contributed by atoms with van der Waals surface area (Å²) < 4.78 is 14.6. The molecule has 0 saturated heterocycles. The predicted molar refractivity (Wildman–Crippen MR) is 90.1 cm³/mol. The number of hydrogen-bond acceptors (Lipinski definition) is 1. The van der Waals surface area contributed by atoms with E-state index in [4.69, 9.17) is 11.6 Å². The van der Waals surface area contributed by atoms with Crippen LogP contribution in [-0.2, 0) is 0 Å². The summed E-state index contributed by atoms with van der Waals surface area (Å²) >= 11 is 9.17. The molecule has 0 amide bonds. The van der Waals surface area contributed by atoms with Gasteiger partial charge in [-0.1, -0.05) is 52.7 Å². The Bertz CT molecular complexity index is 600. The summed E-state index contributed by atoms with van der Waals surface area (Å²) in [5.74, 6) is -0.375. The van der Waals surface area contributed by atoms with Gasteiger partial charge < -0.3 is 5.32 Å². The summed E-state index contributed by atoms with van der Waals surface area (Å²) in [6.07, 6.45) is 0.960. The quantitative estimate of drug-likeness (QED) is 0.676. The lowest BCUT2D eigenvalue weighted by molar-refractivity contribution is 0.455. The van der Waals surface area contributed by atoms with Crippen LogP contribution in [0, 0.1) is 5.82 Å². The molecule has 2 aromatic carbocycles. The molecule has 0 heterocycles. The first-order chi connectivity index (χ1) is 10.0. The van der Waals surface area contributed by atoms with Crippen molar-refractivity contribution in [1.82, 2.24) is 5.32 Å². The van der Waals surface area contributed by atoms with E-state index in [2.05, 4.69) is 40.3 Å². The van der Waals surface area contributed by atoms with E-state index in [1.54, 1.807) is 6.07 Å². The highest BCUT2D eigenvalue weighted by Gasteiger charge is 2.14. The Labute approximate surface area is 138 Å². The lowest BCUT2D eigenvalue weighted by Gasteiger charge is -2.23. The minimum Gasteiger partial charge on any atom is -0.303 e. The molecular formula is C17H18BrClFN. The van der Waals surface area contributed by atoms with Gasteiger partial charge in [0.15, 0.2) is 0 Å². The van der Waals surface area contributed by atoms with Crippen molar-refractivity contribution in [1.29, 1.82) is 0 Å². The molecule has 2 aromatic rings. The normalized spacial score (nSPS) is 14.0. The van der Waals surface area contributed by atoms with Gasteiger partial charge in [-0.2, -0.15) is 0 Å². The summed E-state index contributed by atoms with van der Waals surface area (Å²) in [5, 5.41) is 3.70. The molecule has 0 aliphatic carbocycles. The summed E-state index contributed by atoms with van der Waals surface area (Å²) in [6.45, 7) is 4.17. The number of rotatable bonds is 5. The fourth-order valence-electron chi connectivity index (χ4n) is 2.32. The SMILES string of the molecule is CCC(NC(C)c1ccc(Cl)c(F)c1)c1ccc(Br)cc1. The molecule has 0 fully saturated rings. The van der Waals surface area contributed by atoms with E-state index < -0.39 is 0 Å². The molecule has 0 spiro atoms. The lowest BCUT2D eigenvalue weighted by atomic mass is 10.0. The zero-order valence-electron chi connectivity index (χ0n) is 12.0. The van der Waals surface area contributed by atoms with Crippen molar-refractivity contribution in [3.05, 3.63) is 68.9 Å². The van der Waals surface area contributed by atoms with Gasteiger partial charge in [-0.05, 0) is 48.7 Å². The molecule has 21 heavy (non-hydrogen) atoms. The Kier molecular flexibility index (Phi) is 5.80. The fraction of sp³-hybridized carbons (Fsp3) is 0.294. The first-order valence-corrected chi connectivity index (χ1v) is 8.14. The van der Waals surface area contributed by atoms with Crippen LogP contribution in [0.3, 0.4) is 0 Å². The number of halogens is 3. The molecule has 1 N–H and O–H groups in total. The molecule has 0 bridgehead atoms. The van der Waals surface area contributed by atoms with E-state index in [1.807, 2.05) is 25.1 Å². The predicted octanol–water partition coefficient (Wildman–Crippen LogP) is 6.04. The van der Waals surface area contributed by atoms with Crippen LogP contribution < -0.4 is 5.32 Å². The maximum atomic E-state index is 13.6. The molecule has 112 valence electrons. The third kappa shape index (κ3) is 4.29. The average molecular weight is 371 g/mol. The van der Waals surface area contributed by atoms with Gasteiger partial charge in [0.05, 0.1) is 5.02 Å². The fourth-order valence-corrected chi connectivity index (χ4v) is 2.71. The smallest absolute Gasteiger partial charge is 0.142 e. The van der Waals surface area contributed by atoms with E-state index in [0.29, 0.717) is 0 Å². The number of benzene rings is 2. The van der Waals surface area contributed by atoms with Gasteiger partial charge in [-0.3, -0.25) is 0 Å². The maximum absolute atomic E-state index is 13.6. The molecule has 4 heteroatoms. The van der Waals surface area contributed by atoms with Crippen LogP contribution in [0.5, 0.6) is 0 Å². The van der Waals surface area contributed by atoms with Gasteiger partial charge in [-0.15, -0.1) is 0 Å². The Morgan fingerprint density at radius 3 is 2.33 bits per heavy atom. The Morgan fingerprint density at radius 2 is 1.76 bits per heavy atom. The first-order valence-electron chi connectivity index (χ1n) is 6.97. The summed E-state index contributed by atoms with van der Waals surface area (Å²) in [5.41, 5.74) is 2.12. The van der Waals surface area contributed by atoms with Crippen molar-refractivity contribution in [2.45, 2.75) is 32.4 Å². The summed E-state index contributed by atoms with van der Waals surface area (Å²) in [7, 11) is 0. The van der Waals surface area contributed by atoms with Crippen molar-refractivity contribution >= 4 is 27.5 Å². The topological polar surface area (TPSA) is 12.0 Å². The van der Waals surface area contributed by atoms with Gasteiger partial charge in [0.2, 0.25) is 0 Å². The molecule has 0 aliphatic heterocycles. The standard InChI is InChI=1S/C17H18BrClFN/c1-3-17(12-4-7-14(18)8-5-12)21-11(2)13-6-9-15(19)16(20)10-13/h4-11,17,21H,3H2,1-2H3. The third-order valence-corrected chi connectivity index (χ3v) is 4.41. The first kappa shape index (κ1) is 16.5. The minimum atomic E-state index is -0.375. The van der Waals surface area contributed by atoms with Crippen LogP contribution in [-0.4, -0.2) is 0 Å². The Morgan fingerprint density at radius 1 is 1.14 bits per heavy atom. The van der Waals surface area contributed by atoms with E-state index in [0.717, 1.165) is 16.5 Å². The molecule has 0 aliphatic rings.